The van der Waals surface area contributed by atoms with Crippen molar-refractivity contribution in [1.29, 1.82) is 0 Å². The number of hydrogen-bond donors (Lipinski definition) is 0. The van der Waals surface area contributed by atoms with Gasteiger partial charge in [-0.1, -0.05) is 24.1 Å². The molecular formula is C7H11NS3. The van der Waals surface area contributed by atoms with Crippen molar-refractivity contribution >= 4 is 32.9 Å². The average molecular weight is 205 g/mol. The van der Waals surface area contributed by atoms with Gasteiger partial charge in [0.1, 0.15) is 0 Å². The lowest BCUT2D eigenvalue weighted by atomic mass is 10.4. The second-order valence-corrected chi connectivity index (χ2v) is 5.61. The summed E-state index contributed by atoms with van der Waals surface area (Å²) in [5.74, 6) is 1.24. The molecule has 0 radical (unpaired) electrons. The van der Waals surface area contributed by atoms with E-state index in [2.05, 4.69) is 11.9 Å². The number of thiazole rings is 1. The van der Waals surface area contributed by atoms with Crippen LogP contribution in [0.4, 0.5) is 0 Å². The van der Waals surface area contributed by atoms with Crippen LogP contribution < -0.4 is 0 Å². The van der Waals surface area contributed by atoms with Gasteiger partial charge >= 0.3 is 0 Å². The Morgan fingerprint density at radius 3 is 3.18 bits per heavy atom. The van der Waals surface area contributed by atoms with E-state index in [4.69, 9.17) is 0 Å². The van der Waals surface area contributed by atoms with Crippen molar-refractivity contribution in [3.05, 3.63) is 11.6 Å². The lowest BCUT2D eigenvalue weighted by Gasteiger charge is -1.94. The van der Waals surface area contributed by atoms with Crippen LogP contribution in [0.1, 0.15) is 19.8 Å². The molecule has 0 atom stereocenters. The molecule has 0 fully saturated rings. The molecule has 4 heteroatoms. The van der Waals surface area contributed by atoms with Crippen LogP contribution in [0, 0.1) is 0 Å². The van der Waals surface area contributed by atoms with Crippen LogP contribution in [0.3, 0.4) is 0 Å². The summed E-state index contributed by atoms with van der Waals surface area (Å²) >= 11 is 1.71. The van der Waals surface area contributed by atoms with Gasteiger partial charge in [0.25, 0.3) is 0 Å². The molecule has 1 aromatic heterocycles. The van der Waals surface area contributed by atoms with Crippen LogP contribution in [0.25, 0.3) is 0 Å². The first-order chi connectivity index (χ1) is 5.43. The third-order valence-corrected chi connectivity index (χ3v) is 4.69. The van der Waals surface area contributed by atoms with E-state index in [1.165, 1.54) is 22.9 Å². The predicted molar refractivity (Wildman–Crippen MR) is 55.3 cm³/mol. The molecule has 0 aromatic carbocycles. The summed E-state index contributed by atoms with van der Waals surface area (Å²) in [5, 5.41) is 2.02. The average Bonchev–Trinajstić information content (AvgIpc) is 2.50. The molecule has 0 saturated carbocycles. The highest BCUT2D eigenvalue weighted by atomic mass is 33.1. The Kier molecular flexibility index (Phi) is 5.06. The molecule has 0 saturated heterocycles. The van der Waals surface area contributed by atoms with Gasteiger partial charge in [0.05, 0.1) is 0 Å². The van der Waals surface area contributed by atoms with Gasteiger partial charge in [0.2, 0.25) is 0 Å². The van der Waals surface area contributed by atoms with Crippen molar-refractivity contribution in [3.8, 4) is 0 Å². The van der Waals surface area contributed by atoms with Crippen molar-refractivity contribution in [2.45, 2.75) is 24.1 Å². The Balaban J connectivity index is 2.04. The van der Waals surface area contributed by atoms with Crippen LogP contribution >= 0.6 is 32.9 Å². The number of unbranched alkanes of at least 4 members (excludes halogenated alkanes) is 1. The third-order valence-electron chi connectivity index (χ3n) is 1.12. The number of rotatable bonds is 5. The zero-order chi connectivity index (χ0) is 7.94. The number of aromatic nitrogens is 1. The molecule has 0 amide bonds. The minimum Gasteiger partial charge on any atom is -0.237 e. The minimum absolute atomic E-state index is 1.17. The lowest BCUT2D eigenvalue weighted by Crippen LogP contribution is -1.72. The van der Waals surface area contributed by atoms with Gasteiger partial charge in [0.15, 0.2) is 4.34 Å². The van der Waals surface area contributed by atoms with E-state index >= 15 is 0 Å². The molecule has 0 aliphatic heterocycles. The molecular weight excluding hydrogens is 194 g/mol. The summed E-state index contributed by atoms with van der Waals surface area (Å²) in [7, 11) is 3.69. The van der Waals surface area contributed by atoms with Gasteiger partial charge in [0, 0.05) is 17.3 Å². The molecule has 0 aliphatic carbocycles. The van der Waals surface area contributed by atoms with Crippen LogP contribution in [-0.2, 0) is 0 Å². The quantitative estimate of drug-likeness (QED) is 0.537. The normalized spacial score (nSPS) is 10.3. The molecule has 0 bridgehead atoms. The topological polar surface area (TPSA) is 12.9 Å². The van der Waals surface area contributed by atoms with Crippen molar-refractivity contribution in [3.63, 3.8) is 0 Å². The van der Waals surface area contributed by atoms with Crippen LogP contribution in [0.15, 0.2) is 15.9 Å². The van der Waals surface area contributed by atoms with Gasteiger partial charge in [-0.15, -0.1) is 11.3 Å². The Bertz CT molecular complexity index is 174. The Morgan fingerprint density at radius 2 is 2.55 bits per heavy atom. The Labute approximate surface area is 79.4 Å². The van der Waals surface area contributed by atoms with Crippen LogP contribution in [0.2, 0.25) is 0 Å². The zero-order valence-electron chi connectivity index (χ0n) is 6.45. The van der Waals surface area contributed by atoms with Crippen molar-refractivity contribution in [2.75, 3.05) is 5.75 Å². The first-order valence-corrected chi connectivity index (χ1v) is 6.82. The predicted octanol–water partition coefficient (Wildman–Crippen LogP) is 3.68. The highest BCUT2D eigenvalue weighted by molar-refractivity contribution is 8.77. The summed E-state index contributed by atoms with van der Waals surface area (Å²) in [6.07, 6.45) is 4.45. The second kappa shape index (κ2) is 5.91. The Morgan fingerprint density at radius 1 is 1.64 bits per heavy atom. The fourth-order valence-electron chi connectivity index (χ4n) is 0.547. The van der Waals surface area contributed by atoms with Crippen LogP contribution in [0.5, 0.6) is 0 Å². The van der Waals surface area contributed by atoms with E-state index in [0.29, 0.717) is 0 Å². The number of nitrogens with zero attached hydrogens (tertiary/aromatic N) is 1. The molecule has 1 rings (SSSR count). The monoisotopic (exact) mass is 205 g/mol. The van der Waals surface area contributed by atoms with E-state index in [-0.39, 0.29) is 0 Å². The summed E-state index contributed by atoms with van der Waals surface area (Å²) < 4.78 is 1.17. The molecule has 0 aliphatic rings. The Hall–Kier alpha value is 0.330. The largest absolute Gasteiger partial charge is 0.237 e. The highest BCUT2D eigenvalue weighted by Crippen LogP contribution is 2.32. The molecule has 11 heavy (non-hydrogen) atoms. The molecule has 1 nitrogen and oxygen atoms in total. The van der Waals surface area contributed by atoms with Crippen molar-refractivity contribution in [1.82, 2.24) is 4.98 Å². The van der Waals surface area contributed by atoms with E-state index < -0.39 is 0 Å². The minimum atomic E-state index is 1.17. The molecule has 1 aromatic rings. The first kappa shape index (κ1) is 9.42. The smallest absolute Gasteiger partial charge is 0.160 e. The summed E-state index contributed by atoms with van der Waals surface area (Å²) in [6, 6.07) is 0. The maximum Gasteiger partial charge on any atom is 0.160 e. The van der Waals surface area contributed by atoms with Gasteiger partial charge in [-0.2, -0.15) is 0 Å². The number of hydrogen-bond acceptors (Lipinski definition) is 4. The molecule has 1 heterocycles. The molecule has 0 unspecified atom stereocenters. The molecule has 0 N–H and O–H groups in total. The zero-order valence-corrected chi connectivity index (χ0v) is 8.90. The summed E-state index contributed by atoms with van der Waals surface area (Å²) in [4.78, 5) is 4.17. The standard InChI is InChI=1S/C7H11NS3/c1-2-3-5-10-11-7-8-4-6-9-7/h4,6H,2-3,5H2,1H3. The van der Waals surface area contributed by atoms with Gasteiger partial charge in [-0.25, -0.2) is 4.98 Å². The molecule has 0 spiro atoms. The van der Waals surface area contributed by atoms with Gasteiger partial charge in [-0.3, -0.25) is 0 Å². The van der Waals surface area contributed by atoms with E-state index in [0.717, 1.165) is 0 Å². The first-order valence-electron chi connectivity index (χ1n) is 3.62. The van der Waals surface area contributed by atoms with Gasteiger partial charge < -0.3 is 0 Å². The SMILES string of the molecule is CCCCSSc1nccs1. The summed E-state index contributed by atoms with van der Waals surface area (Å²) in [6.45, 7) is 2.22. The fourth-order valence-corrected chi connectivity index (χ4v) is 3.75. The van der Waals surface area contributed by atoms with E-state index in [9.17, 15) is 0 Å². The maximum atomic E-state index is 4.17. The molecule has 62 valence electrons. The van der Waals surface area contributed by atoms with Crippen molar-refractivity contribution < 1.29 is 0 Å². The van der Waals surface area contributed by atoms with Crippen molar-refractivity contribution in [2.24, 2.45) is 0 Å². The lowest BCUT2D eigenvalue weighted by molar-refractivity contribution is 0.898. The van der Waals surface area contributed by atoms with Gasteiger partial charge in [-0.05, 0) is 17.2 Å². The van der Waals surface area contributed by atoms with E-state index in [1.807, 2.05) is 22.4 Å². The van der Waals surface area contributed by atoms with Crippen LogP contribution in [-0.4, -0.2) is 10.7 Å². The summed E-state index contributed by atoms with van der Waals surface area (Å²) in [5.41, 5.74) is 0. The highest BCUT2D eigenvalue weighted by Gasteiger charge is 1.95. The second-order valence-electron chi connectivity index (χ2n) is 2.06. The third kappa shape index (κ3) is 4.03. The fraction of sp³-hybridized carbons (Fsp3) is 0.571. The van der Waals surface area contributed by atoms with E-state index in [1.54, 1.807) is 22.1 Å². The maximum absolute atomic E-state index is 4.17.